The fraction of sp³-hybridized carbons (Fsp3) is 0. The molecular formula is C45H27N3O. The van der Waals surface area contributed by atoms with Crippen molar-refractivity contribution in [3.05, 3.63) is 164 Å². The third kappa shape index (κ3) is 4.42. The van der Waals surface area contributed by atoms with Gasteiger partial charge < -0.3 is 4.42 Å². The molecule has 228 valence electrons. The minimum atomic E-state index is 0.638. The van der Waals surface area contributed by atoms with Crippen LogP contribution in [0.15, 0.2) is 168 Å². The molecule has 49 heavy (non-hydrogen) atoms. The lowest BCUT2D eigenvalue weighted by Crippen LogP contribution is -2.00. The van der Waals surface area contributed by atoms with Crippen LogP contribution in [-0.2, 0) is 0 Å². The zero-order chi connectivity index (χ0) is 32.3. The van der Waals surface area contributed by atoms with Crippen molar-refractivity contribution in [2.75, 3.05) is 0 Å². The molecule has 10 rings (SSSR count). The number of hydrogen-bond acceptors (Lipinski definition) is 4. The van der Waals surface area contributed by atoms with Gasteiger partial charge in [0.15, 0.2) is 17.5 Å². The monoisotopic (exact) mass is 625 g/mol. The Bertz CT molecular complexity index is 2820. The van der Waals surface area contributed by atoms with Gasteiger partial charge >= 0.3 is 0 Å². The van der Waals surface area contributed by atoms with E-state index in [0.29, 0.717) is 17.5 Å². The lowest BCUT2D eigenvalue weighted by molar-refractivity contribution is 0.669. The topological polar surface area (TPSA) is 51.8 Å². The second kappa shape index (κ2) is 11.0. The summed E-state index contributed by atoms with van der Waals surface area (Å²) in [7, 11) is 0. The van der Waals surface area contributed by atoms with E-state index < -0.39 is 0 Å². The zero-order valence-electron chi connectivity index (χ0n) is 26.3. The summed E-state index contributed by atoms with van der Waals surface area (Å²) in [4.78, 5) is 15.0. The predicted molar refractivity (Wildman–Crippen MR) is 201 cm³/mol. The van der Waals surface area contributed by atoms with Crippen molar-refractivity contribution in [2.24, 2.45) is 0 Å². The fourth-order valence-corrected chi connectivity index (χ4v) is 7.28. The number of para-hydroxylation sites is 1. The molecule has 0 fully saturated rings. The van der Waals surface area contributed by atoms with Gasteiger partial charge in [-0.25, -0.2) is 15.0 Å². The molecule has 0 amide bonds. The normalized spacial score (nSPS) is 11.7. The molecule has 0 spiro atoms. The third-order valence-electron chi connectivity index (χ3n) is 9.52. The highest BCUT2D eigenvalue weighted by molar-refractivity contribution is 6.30. The molecule has 0 aliphatic rings. The first-order chi connectivity index (χ1) is 24.3. The highest BCUT2D eigenvalue weighted by Gasteiger charge is 2.20. The number of benzene rings is 8. The molecule has 0 radical (unpaired) electrons. The lowest BCUT2D eigenvalue weighted by atomic mass is 9.88. The fourth-order valence-electron chi connectivity index (χ4n) is 7.28. The van der Waals surface area contributed by atoms with Gasteiger partial charge in [0.1, 0.15) is 11.2 Å². The molecular weight excluding hydrogens is 599 g/mol. The first kappa shape index (κ1) is 27.5. The first-order valence-corrected chi connectivity index (χ1v) is 16.5. The van der Waals surface area contributed by atoms with Gasteiger partial charge in [-0.2, -0.15) is 0 Å². The standard InChI is InChI=1S/C45H27N3O/c1-3-14-29(15-4-1)43-46-44(30-16-5-2-6-17-30)48-45(47-43)36-26-25-34(32-19-9-10-20-33(32)36)38-27-40-42(37-21-11-12-22-39(37)49-40)41-31-18-8-7-13-28(31)23-24-35(38)41/h1-27H. The van der Waals surface area contributed by atoms with E-state index in [0.717, 1.165) is 60.5 Å². The van der Waals surface area contributed by atoms with Gasteiger partial charge in [0, 0.05) is 32.8 Å². The molecule has 0 atom stereocenters. The van der Waals surface area contributed by atoms with Gasteiger partial charge in [0.25, 0.3) is 0 Å². The second-order valence-electron chi connectivity index (χ2n) is 12.3. The predicted octanol–water partition coefficient (Wildman–Crippen LogP) is 11.9. The summed E-state index contributed by atoms with van der Waals surface area (Å²) in [6, 6.07) is 56.8. The van der Waals surface area contributed by atoms with E-state index in [2.05, 4.69) is 97.1 Å². The Labute approximate surface area is 282 Å². The first-order valence-electron chi connectivity index (χ1n) is 16.5. The molecule has 10 aromatic rings. The van der Waals surface area contributed by atoms with E-state index in [1.54, 1.807) is 0 Å². The van der Waals surface area contributed by atoms with Crippen molar-refractivity contribution in [1.29, 1.82) is 0 Å². The Morgan fingerprint density at radius 3 is 1.59 bits per heavy atom. The van der Waals surface area contributed by atoms with Crippen LogP contribution in [0.25, 0.3) is 99.5 Å². The number of fused-ring (bicyclic) bond motifs is 8. The van der Waals surface area contributed by atoms with E-state index >= 15 is 0 Å². The molecule has 0 unspecified atom stereocenters. The lowest BCUT2D eigenvalue weighted by Gasteiger charge is -2.15. The average molecular weight is 626 g/mol. The maximum atomic E-state index is 6.56. The van der Waals surface area contributed by atoms with Crippen LogP contribution >= 0.6 is 0 Å². The number of rotatable bonds is 4. The summed E-state index contributed by atoms with van der Waals surface area (Å²) in [5.74, 6) is 1.93. The summed E-state index contributed by atoms with van der Waals surface area (Å²) in [5.41, 5.74) is 6.87. The maximum Gasteiger partial charge on any atom is 0.164 e. The summed E-state index contributed by atoms with van der Waals surface area (Å²) >= 11 is 0. The van der Waals surface area contributed by atoms with Gasteiger partial charge in [-0.15, -0.1) is 0 Å². The number of hydrogen-bond donors (Lipinski definition) is 0. The Hall–Kier alpha value is -6.65. The largest absolute Gasteiger partial charge is 0.456 e. The van der Waals surface area contributed by atoms with Crippen LogP contribution in [0.5, 0.6) is 0 Å². The van der Waals surface area contributed by atoms with Crippen LogP contribution < -0.4 is 0 Å². The highest BCUT2D eigenvalue weighted by Crippen LogP contribution is 2.45. The number of aromatic nitrogens is 3. The van der Waals surface area contributed by atoms with E-state index in [1.807, 2.05) is 66.7 Å². The second-order valence-corrected chi connectivity index (χ2v) is 12.3. The Morgan fingerprint density at radius 2 is 0.878 bits per heavy atom. The quantitative estimate of drug-likeness (QED) is 0.183. The van der Waals surface area contributed by atoms with Crippen LogP contribution in [0.4, 0.5) is 0 Å². The SMILES string of the molecule is c1ccc(-c2nc(-c3ccccc3)nc(-c3ccc(-c4cc5oc6ccccc6c5c5c4ccc4ccccc45)c4ccccc34)n2)cc1. The van der Waals surface area contributed by atoms with Crippen LogP contribution in [0, 0.1) is 0 Å². The van der Waals surface area contributed by atoms with E-state index in [1.165, 1.54) is 21.5 Å². The Balaban J connectivity index is 1.25. The summed E-state index contributed by atoms with van der Waals surface area (Å²) < 4.78 is 6.56. The molecule has 0 aliphatic heterocycles. The molecule has 4 nitrogen and oxygen atoms in total. The van der Waals surface area contributed by atoms with Crippen LogP contribution in [0.1, 0.15) is 0 Å². The average Bonchev–Trinajstić information content (AvgIpc) is 3.56. The van der Waals surface area contributed by atoms with Gasteiger partial charge in [-0.1, -0.05) is 146 Å². The van der Waals surface area contributed by atoms with E-state index in [4.69, 9.17) is 19.4 Å². The summed E-state index contributed by atoms with van der Waals surface area (Å²) in [6.07, 6.45) is 0. The van der Waals surface area contributed by atoms with Gasteiger partial charge in [-0.05, 0) is 56.3 Å². The van der Waals surface area contributed by atoms with E-state index in [-0.39, 0.29) is 0 Å². The third-order valence-corrected chi connectivity index (χ3v) is 9.52. The minimum absolute atomic E-state index is 0.638. The summed E-state index contributed by atoms with van der Waals surface area (Å²) in [6.45, 7) is 0. The highest BCUT2D eigenvalue weighted by atomic mass is 16.3. The van der Waals surface area contributed by atoms with Crippen molar-refractivity contribution < 1.29 is 4.42 Å². The Morgan fingerprint density at radius 1 is 0.327 bits per heavy atom. The van der Waals surface area contributed by atoms with Gasteiger partial charge in [-0.3, -0.25) is 0 Å². The smallest absolute Gasteiger partial charge is 0.164 e. The van der Waals surface area contributed by atoms with Crippen molar-refractivity contribution in [1.82, 2.24) is 15.0 Å². The molecule has 2 aromatic heterocycles. The van der Waals surface area contributed by atoms with Crippen LogP contribution in [0.3, 0.4) is 0 Å². The molecule has 0 bridgehead atoms. The Kier molecular flexibility index (Phi) is 6.15. The maximum absolute atomic E-state index is 6.56. The van der Waals surface area contributed by atoms with Crippen molar-refractivity contribution >= 4 is 54.3 Å². The number of furan rings is 1. The van der Waals surface area contributed by atoms with Crippen LogP contribution in [0.2, 0.25) is 0 Å². The molecule has 8 aromatic carbocycles. The molecule has 0 N–H and O–H groups in total. The summed E-state index contributed by atoms with van der Waals surface area (Å²) in [5, 5.41) is 9.29. The van der Waals surface area contributed by atoms with Crippen LogP contribution in [-0.4, -0.2) is 15.0 Å². The molecule has 0 aliphatic carbocycles. The zero-order valence-corrected chi connectivity index (χ0v) is 26.3. The molecule has 4 heteroatoms. The van der Waals surface area contributed by atoms with Gasteiger partial charge in [0.2, 0.25) is 0 Å². The molecule has 2 heterocycles. The van der Waals surface area contributed by atoms with Crippen molar-refractivity contribution in [3.8, 4) is 45.3 Å². The van der Waals surface area contributed by atoms with Gasteiger partial charge in [0.05, 0.1) is 0 Å². The van der Waals surface area contributed by atoms with Crippen molar-refractivity contribution in [2.45, 2.75) is 0 Å². The minimum Gasteiger partial charge on any atom is -0.456 e. The molecule has 0 saturated heterocycles. The molecule has 0 saturated carbocycles. The number of nitrogens with zero attached hydrogens (tertiary/aromatic N) is 3. The van der Waals surface area contributed by atoms with Crippen molar-refractivity contribution in [3.63, 3.8) is 0 Å². The van der Waals surface area contributed by atoms with E-state index in [9.17, 15) is 0 Å².